The Morgan fingerprint density at radius 1 is 1.40 bits per heavy atom. The number of piperidine rings is 1. The van der Waals surface area contributed by atoms with Gasteiger partial charge in [0.2, 0.25) is 10.0 Å². The SMILES string of the molecule is CC1(C(=O)O)CCCN(S(=O)(=O)CC2CCOCC2)C1. The highest BCUT2D eigenvalue weighted by atomic mass is 32.2. The molecule has 2 fully saturated rings. The van der Waals surface area contributed by atoms with Crippen LogP contribution in [0.3, 0.4) is 0 Å². The standard InChI is InChI=1S/C13H23NO5S/c1-13(12(15)16)5-2-6-14(10-13)20(17,18)9-11-3-7-19-8-4-11/h11H,2-10H2,1H3,(H,15,16). The molecule has 0 amide bonds. The first kappa shape index (κ1) is 15.7. The Kier molecular flexibility index (Phi) is 4.71. The summed E-state index contributed by atoms with van der Waals surface area (Å²) in [6.45, 7) is 3.40. The minimum absolute atomic E-state index is 0.0912. The number of nitrogens with zero attached hydrogens (tertiary/aromatic N) is 1. The monoisotopic (exact) mass is 305 g/mol. The zero-order valence-electron chi connectivity index (χ0n) is 11.9. The molecule has 2 aliphatic rings. The number of carboxylic acid groups (broad SMARTS) is 1. The van der Waals surface area contributed by atoms with E-state index in [0.29, 0.717) is 32.6 Å². The Bertz CT molecular complexity index is 457. The largest absolute Gasteiger partial charge is 0.481 e. The van der Waals surface area contributed by atoms with Crippen LogP contribution in [-0.2, 0) is 19.6 Å². The zero-order valence-corrected chi connectivity index (χ0v) is 12.7. The molecule has 0 aromatic heterocycles. The topological polar surface area (TPSA) is 83.9 Å². The molecule has 0 saturated carbocycles. The summed E-state index contributed by atoms with van der Waals surface area (Å²) in [5, 5.41) is 9.26. The van der Waals surface area contributed by atoms with Gasteiger partial charge in [-0.2, -0.15) is 0 Å². The molecule has 2 heterocycles. The van der Waals surface area contributed by atoms with Gasteiger partial charge in [-0.15, -0.1) is 0 Å². The normalized spacial score (nSPS) is 30.2. The molecular weight excluding hydrogens is 282 g/mol. The fourth-order valence-electron chi connectivity index (χ4n) is 2.92. The van der Waals surface area contributed by atoms with Crippen molar-refractivity contribution in [2.24, 2.45) is 11.3 Å². The predicted molar refractivity (Wildman–Crippen MR) is 73.9 cm³/mol. The van der Waals surface area contributed by atoms with Gasteiger partial charge in [0.1, 0.15) is 0 Å². The van der Waals surface area contributed by atoms with Gasteiger partial charge in [-0.1, -0.05) is 0 Å². The number of hydrogen-bond acceptors (Lipinski definition) is 4. The highest BCUT2D eigenvalue weighted by molar-refractivity contribution is 7.89. The van der Waals surface area contributed by atoms with E-state index in [9.17, 15) is 18.3 Å². The van der Waals surface area contributed by atoms with Crippen molar-refractivity contribution in [2.75, 3.05) is 32.1 Å². The van der Waals surface area contributed by atoms with Gasteiger partial charge in [0, 0.05) is 26.3 Å². The van der Waals surface area contributed by atoms with Crippen molar-refractivity contribution in [3.63, 3.8) is 0 Å². The molecule has 1 N–H and O–H groups in total. The van der Waals surface area contributed by atoms with Crippen molar-refractivity contribution in [1.29, 1.82) is 0 Å². The lowest BCUT2D eigenvalue weighted by atomic mass is 9.83. The van der Waals surface area contributed by atoms with Crippen molar-refractivity contribution in [2.45, 2.75) is 32.6 Å². The van der Waals surface area contributed by atoms with E-state index < -0.39 is 21.4 Å². The molecule has 2 rings (SSSR count). The third-order valence-electron chi connectivity index (χ3n) is 4.36. The van der Waals surface area contributed by atoms with Gasteiger partial charge in [0.15, 0.2) is 0 Å². The Morgan fingerprint density at radius 3 is 2.65 bits per heavy atom. The van der Waals surface area contributed by atoms with Crippen LogP contribution in [0.1, 0.15) is 32.6 Å². The third kappa shape index (κ3) is 3.51. The van der Waals surface area contributed by atoms with E-state index in [1.165, 1.54) is 4.31 Å². The van der Waals surface area contributed by atoms with Gasteiger partial charge in [-0.25, -0.2) is 12.7 Å². The third-order valence-corrected chi connectivity index (χ3v) is 6.35. The molecule has 0 aromatic rings. The van der Waals surface area contributed by atoms with Crippen LogP contribution in [0.5, 0.6) is 0 Å². The molecule has 1 atom stereocenters. The van der Waals surface area contributed by atoms with E-state index in [1.54, 1.807) is 6.92 Å². The average Bonchev–Trinajstić information content (AvgIpc) is 2.39. The van der Waals surface area contributed by atoms with Crippen molar-refractivity contribution < 1.29 is 23.1 Å². The van der Waals surface area contributed by atoms with Crippen LogP contribution in [0.4, 0.5) is 0 Å². The average molecular weight is 305 g/mol. The van der Waals surface area contributed by atoms with Crippen molar-refractivity contribution in [3.8, 4) is 0 Å². The minimum Gasteiger partial charge on any atom is -0.481 e. The number of ether oxygens (including phenoxy) is 1. The van der Waals surface area contributed by atoms with Gasteiger partial charge < -0.3 is 9.84 Å². The van der Waals surface area contributed by atoms with Gasteiger partial charge in [-0.3, -0.25) is 4.79 Å². The Labute approximate surface area is 120 Å². The van der Waals surface area contributed by atoms with Crippen LogP contribution < -0.4 is 0 Å². The van der Waals surface area contributed by atoms with Crippen LogP contribution in [0.25, 0.3) is 0 Å². The highest BCUT2D eigenvalue weighted by Crippen LogP contribution is 2.32. The number of aliphatic carboxylic acids is 1. The van der Waals surface area contributed by atoms with E-state index in [2.05, 4.69) is 0 Å². The summed E-state index contributed by atoms with van der Waals surface area (Å²) < 4.78 is 31.5. The molecular formula is C13H23NO5S. The molecule has 7 heteroatoms. The number of carbonyl (C=O) groups is 1. The molecule has 116 valence electrons. The van der Waals surface area contributed by atoms with Crippen LogP contribution in [0.2, 0.25) is 0 Å². The number of hydrogen-bond donors (Lipinski definition) is 1. The second-order valence-electron chi connectivity index (χ2n) is 6.14. The molecule has 6 nitrogen and oxygen atoms in total. The summed E-state index contributed by atoms with van der Waals surface area (Å²) in [4.78, 5) is 11.3. The van der Waals surface area contributed by atoms with Crippen LogP contribution in [0, 0.1) is 11.3 Å². The van der Waals surface area contributed by atoms with Gasteiger partial charge in [-0.05, 0) is 38.5 Å². The molecule has 1 unspecified atom stereocenters. The second-order valence-corrected chi connectivity index (χ2v) is 8.15. The van der Waals surface area contributed by atoms with Crippen LogP contribution in [-0.4, -0.2) is 55.9 Å². The first-order valence-corrected chi connectivity index (χ1v) is 8.73. The molecule has 0 radical (unpaired) electrons. The molecule has 2 aliphatic heterocycles. The smallest absolute Gasteiger partial charge is 0.310 e. The molecule has 0 aliphatic carbocycles. The minimum atomic E-state index is -3.37. The lowest BCUT2D eigenvalue weighted by Gasteiger charge is -2.37. The van der Waals surface area contributed by atoms with Gasteiger partial charge in [0.05, 0.1) is 11.2 Å². The fourth-order valence-corrected chi connectivity index (χ4v) is 4.95. The van der Waals surface area contributed by atoms with Gasteiger partial charge in [0.25, 0.3) is 0 Å². The summed E-state index contributed by atoms with van der Waals surface area (Å²) in [5.74, 6) is -0.665. The van der Waals surface area contributed by atoms with E-state index in [-0.39, 0.29) is 18.2 Å². The quantitative estimate of drug-likeness (QED) is 0.835. The Hall–Kier alpha value is -0.660. The van der Waals surface area contributed by atoms with E-state index in [1.807, 2.05) is 0 Å². The second kappa shape index (κ2) is 5.99. The maximum absolute atomic E-state index is 12.5. The molecule has 20 heavy (non-hydrogen) atoms. The summed E-state index contributed by atoms with van der Waals surface area (Å²) >= 11 is 0. The molecule has 0 bridgehead atoms. The van der Waals surface area contributed by atoms with E-state index in [0.717, 1.165) is 12.8 Å². The molecule has 0 spiro atoms. The van der Waals surface area contributed by atoms with Gasteiger partial charge >= 0.3 is 5.97 Å². The maximum Gasteiger partial charge on any atom is 0.310 e. The van der Waals surface area contributed by atoms with E-state index >= 15 is 0 Å². The fraction of sp³-hybridized carbons (Fsp3) is 0.923. The predicted octanol–water partition coefficient (Wildman–Crippen LogP) is 0.929. The first-order valence-electron chi connectivity index (χ1n) is 7.12. The molecule has 0 aromatic carbocycles. The summed E-state index contributed by atoms with van der Waals surface area (Å²) in [7, 11) is -3.37. The molecule has 2 saturated heterocycles. The van der Waals surface area contributed by atoms with Crippen molar-refractivity contribution >= 4 is 16.0 Å². The summed E-state index contributed by atoms with van der Waals surface area (Å²) in [5.41, 5.74) is -0.957. The lowest BCUT2D eigenvalue weighted by Crippen LogP contribution is -2.49. The van der Waals surface area contributed by atoms with Crippen molar-refractivity contribution in [3.05, 3.63) is 0 Å². The van der Waals surface area contributed by atoms with E-state index in [4.69, 9.17) is 4.74 Å². The van der Waals surface area contributed by atoms with Crippen LogP contribution >= 0.6 is 0 Å². The summed E-state index contributed by atoms with van der Waals surface area (Å²) in [6, 6.07) is 0. The highest BCUT2D eigenvalue weighted by Gasteiger charge is 2.42. The number of rotatable bonds is 4. The zero-order chi connectivity index (χ0) is 14.8. The Balaban J connectivity index is 2.03. The maximum atomic E-state index is 12.5. The summed E-state index contributed by atoms with van der Waals surface area (Å²) in [6.07, 6.45) is 2.67. The Morgan fingerprint density at radius 2 is 2.05 bits per heavy atom. The lowest BCUT2D eigenvalue weighted by molar-refractivity contribution is -0.150. The van der Waals surface area contributed by atoms with Crippen molar-refractivity contribution in [1.82, 2.24) is 4.31 Å². The number of carboxylic acids is 1. The first-order chi connectivity index (χ1) is 9.33. The number of sulfonamides is 1. The van der Waals surface area contributed by atoms with Crippen LogP contribution in [0.15, 0.2) is 0 Å².